The van der Waals surface area contributed by atoms with E-state index < -0.39 is 0 Å². The predicted molar refractivity (Wildman–Crippen MR) is 164 cm³/mol. The van der Waals surface area contributed by atoms with Gasteiger partial charge in [-0.1, -0.05) is 220 Å². The smallest absolute Gasteiger partial charge is 0.0443 e. The van der Waals surface area contributed by atoms with Crippen LogP contribution in [-0.2, 0) is 0 Å². The summed E-state index contributed by atoms with van der Waals surface area (Å²) in [4.78, 5) is 0. The average Bonchev–Trinajstić information content (AvgIpc) is 2.86. The van der Waals surface area contributed by atoms with Crippen LogP contribution in [0.5, 0.6) is 0 Å². The molecule has 212 valence electrons. The zero-order valence-corrected chi connectivity index (χ0v) is 25.5. The highest BCUT2D eigenvalue weighted by atomic mass is 14.1. The molecule has 0 aromatic rings. The summed E-state index contributed by atoms with van der Waals surface area (Å²) < 4.78 is 0. The highest BCUT2D eigenvalue weighted by Crippen LogP contribution is 2.19. The van der Waals surface area contributed by atoms with Crippen LogP contribution >= 0.6 is 0 Å². The third-order valence-electron chi connectivity index (χ3n) is 8.35. The van der Waals surface area contributed by atoms with Gasteiger partial charge in [-0.25, -0.2) is 0 Å². The molecule has 0 heteroatoms. The van der Waals surface area contributed by atoms with Crippen LogP contribution in [0.2, 0.25) is 0 Å². The molecule has 0 saturated heterocycles. The van der Waals surface area contributed by atoms with Crippen LogP contribution in [0.25, 0.3) is 0 Å². The van der Waals surface area contributed by atoms with E-state index in [9.17, 15) is 0 Å². The summed E-state index contributed by atoms with van der Waals surface area (Å²) in [6.07, 6.45) is 45.8. The highest BCUT2D eigenvalue weighted by molar-refractivity contribution is 4.56. The summed E-state index contributed by atoms with van der Waals surface area (Å²) in [6.45, 7) is 7.10. The van der Waals surface area contributed by atoms with Crippen molar-refractivity contribution in [3.63, 3.8) is 0 Å². The van der Waals surface area contributed by atoms with E-state index in [1.165, 1.54) is 199 Å². The van der Waals surface area contributed by atoms with Gasteiger partial charge in [0, 0.05) is 0 Å². The Bertz CT molecular complexity index is 346. The van der Waals surface area contributed by atoms with Crippen LogP contribution in [0.4, 0.5) is 0 Å². The first kappa shape index (κ1) is 35.0. The van der Waals surface area contributed by atoms with Crippen molar-refractivity contribution in [1.29, 1.82) is 0 Å². The van der Waals surface area contributed by atoms with Gasteiger partial charge >= 0.3 is 0 Å². The molecule has 1 unspecified atom stereocenters. The molecule has 0 saturated carbocycles. The zero-order chi connectivity index (χ0) is 25.5. The number of rotatable bonds is 31. The van der Waals surface area contributed by atoms with Gasteiger partial charge in [-0.2, -0.15) is 0 Å². The maximum absolute atomic E-state index is 2.48. The topological polar surface area (TPSA) is 0 Å². The molecule has 0 N–H and O–H groups in total. The van der Waals surface area contributed by atoms with Crippen molar-refractivity contribution >= 4 is 0 Å². The van der Waals surface area contributed by atoms with Gasteiger partial charge in [-0.3, -0.25) is 0 Å². The first-order chi connectivity index (χ1) is 17.3. The Labute approximate surface area is 225 Å². The molecule has 0 heterocycles. The molecule has 0 radical (unpaired) electrons. The van der Waals surface area contributed by atoms with Crippen LogP contribution in [0.1, 0.15) is 220 Å². The maximum Gasteiger partial charge on any atom is -0.0443 e. The van der Waals surface area contributed by atoms with Crippen molar-refractivity contribution in [2.45, 2.75) is 220 Å². The molecule has 35 heavy (non-hydrogen) atoms. The largest absolute Gasteiger partial charge is 0.0654 e. The zero-order valence-electron chi connectivity index (χ0n) is 25.5. The van der Waals surface area contributed by atoms with Crippen molar-refractivity contribution in [3.05, 3.63) is 0 Å². The van der Waals surface area contributed by atoms with Crippen LogP contribution in [0.3, 0.4) is 0 Å². The maximum atomic E-state index is 2.48. The average molecular weight is 493 g/mol. The quantitative estimate of drug-likeness (QED) is 0.0844. The molecule has 0 amide bonds. The highest BCUT2D eigenvalue weighted by Gasteiger charge is 2.02. The van der Waals surface area contributed by atoms with Gasteiger partial charge in [0.15, 0.2) is 0 Å². The Balaban J connectivity index is 3.07. The lowest BCUT2D eigenvalue weighted by Crippen LogP contribution is -1.95. The third kappa shape index (κ3) is 32.0. The van der Waals surface area contributed by atoms with Crippen LogP contribution in [-0.4, -0.2) is 0 Å². The Morgan fingerprint density at radius 2 is 0.429 bits per heavy atom. The summed E-state index contributed by atoms with van der Waals surface area (Å²) in [7, 11) is 0. The minimum Gasteiger partial charge on any atom is -0.0654 e. The molecule has 0 aliphatic rings. The fourth-order valence-electron chi connectivity index (χ4n) is 5.70. The predicted octanol–water partition coefficient (Wildman–Crippen LogP) is 13.8. The Morgan fingerprint density at radius 1 is 0.257 bits per heavy atom. The molecule has 0 bridgehead atoms. The normalized spacial score (nSPS) is 12.4. The van der Waals surface area contributed by atoms with Crippen LogP contribution < -0.4 is 0 Å². The lowest BCUT2D eigenvalue weighted by molar-refractivity contribution is 0.431. The Morgan fingerprint density at radius 3 is 0.629 bits per heavy atom. The number of hydrogen-bond acceptors (Lipinski definition) is 0. The minimum absolute atomic E-state index is 0.969. The molecular weight excluding hydrogens is 420 g/mol. The molecule has 0 rings (SSSR count). The van der Waals surface area contributed by atoms with E-state index in [4.69, 9.17) is 0 Å². The number of hydrogen-bond donors (Lipinski definition) is 0. The second-order valence-corrected chi connectivity index (χ2v) is 12.2. The summed E-state index contributed by atoms with van der Waals surface area (Å²) >= 11 is 0. The van der Waals surface area contributed by atoms with E-state index in [0.717, 1.165) is 5.92 Å². The first-order valence-corrected chi connectivity index (χ1v) is 17.3. The standard InChI is InChI=1S/C35H72/c1-4-6-8-10-11-12-13-14-15-16-17-18-19-20-21-22-23-24-25-26-27-28-30-32-34-35(3)33-31-29-9-7-5-2/h35H,4-34H2,1-3H3. The van der Waals surface area contributed by atoms with Gasteiger partial charge in [0.05, 0.1) is 0 Å². The van der Waals surface area contributed by atoms with Gasteiger partial charge in [0.2, 0.25) is 0 Å². The van der Waals surface area contributed by atoms with Gasteiger partial charge < -0.3 is 0 Å². The van der Waals surface area contributed by atoms with Crippen molar-refractivity contribution < 1.29 is 0 Å². The van der Waals surface area contributed by atoms with Crippen molar-refractivity contribution in [2.75, 3.05) is 0 Å². The molecule has 0 aromatic carbocycles. The fraction of sp³-hybridized carbons (Fsp3) is 1.00. The summed E-state index contributed by atoms with van der Waals surface area (Å²) in [6, 6.07) is 0. The molecule has 0 fully saturated rings. The number of unbranched alkanes of at least 4 members (excludes halogenated alkanes) is 27. The molecule has 0 aromatic heterocycles. The summed E-state index contributed by atoms with van der Waals surface area (Å²) in [5.74, 6) is 0.969. The van der Waals surface area contributed by atoms with E-state index in [0.29, 0.717) is 0 Å². The lowest BCUT2D eigenvalue weighted by atomic mass is 9.96. The van der Waals surface area contributed by atoms with Gasteiger partial charge in [-0.05, 0) is 5.92 Å². The second-order valence-electron chi connectivity index (χ2n) is 12.2. The third-order valence-corrected chi connectivity index (χ3v) is 8.35. The molecule has 0 spiro atoms. The fourth-order valence-corrected chi connectivity index (χ4v) is 5.70. The van der Waals surface area contributed by atoms with Crippen molar-refractivity contribution in [1.82, 2.24) is 0 Å². The molecule has 1 atom stereocenters. The Kier molecular flexibility index (Phi) is 32.0. The first-order valence-electron chi connectivity index (χ1n) is 17.3. The minimum atomic E-state index is 0.969. The van der Waals surface area contributed by atoms with Gasteiger partial charge in [0.25, 0.3) is 0 Å². The van der Waals surface area contributed by atoms with E-state index in [1.807, 2.05) is 0 Å². The molecule has 0 aliphatic heterocycles. The molecular formula is C35H72. The summed E-state index contributed by atoms with van der Waals surface area (Å²) in [5, 5.41) is 0. The van der Waals surface area contributed by atoms with Gasteiger partial charge in [0.1, 0.15) is 0 Å². The SMILES string of the molecule is CCCCCCCCCCCCCCCCCCCCCCCCCCC(C)CCCCCCC. The molecule has 0 aliphatic carbocycles. The second kappa shape index (κ2) is 32.0. The monoisotopic (exact) mass is 493 g/mol. The molecule has 0 nitrogen and oxygen atoms in total. The van der Waals surface area contributed by atoms with E-state index in [-0.39, 0.29) is 0 Å². The van der Waals surface area contributed by atoms with Crippen LogP contribution in [0.15, 0.2) is 0 Å². The lowest BCUT2D eigenvalue weighted by Gasteiger charge is -2.11. The van der Waals surface area contributed by atoms with E-state index >= 15 is 0 Å². The Hall–Kier alpha value is 0. The van der Waals surface area contributed by atoms with E-state index in [1.54, 1.807) is 0 Å². The van der Waals surface area contributed by atoms with Gasteiger partial charge in [-0.15, -0.1) is 0 Å². The van der Waals surface area contributed by atoms with Crippen molar-refractivity contribution in [3.8, 4) is 0 Å². The van der Waals surface area contributed by atoms with Crippen LogP contribution in [0, 0.1) is 5.92 Å². The van der Waals surface area contributed by atoms with E-state index in [2.05, 4.69) is 20.8 Å². The van der Waals surface area contributed by atoms with Crippen molar-refractivity contribution in [2.24, 2.45) is 5.92 Å². The summed E-state index contributed by atoms with van der Waals surface area (Å²) in [5.41, 5.74) is 0.